The van der Waals surface area contributed by atoms with Gasteiger partial charge < -0.3 is 19.7 Å². The van der Waals surface area contributed by atoms with Crippen molar-refractivity contribution in [2.24, 2.45) is 5.92 Å². The van der Waals surface area contributed by atoms with E-state index in [-0.39, 0.29) is 41.1 Å². The molecule has 0 saturated carbocycles. The number of hydrogen-bond donors (Lipinski definition) is 1. The van der Waals surface area contributed by atoms with E-state index in [2.05, 4.69) is 21.2 Å². The van der Waals surface area contributed by atoms with Crippen LogP contribution in [0.3, 0.4) is 0 Å². The zero-order valence-corrected chi connectivity index (χ0v) is 30.4. The molecular formula is C36H39BrClN3O6S. The van der Waals surface area contributed by atoms with Gasteiger partial charge in [-0.05, 0) is 65.6 Å². The highest BCUT2D eigenvalue weighted by molar-refractivity contribution is 9.10. The molecule has 0 aromatic heterocycles. The average Bonchev–Trinajstić information content (AvgIpc) is 3.08. The molecule has 0 fully saturated rings. The van der Waals surface area contributed by atoms with Crippen molar-refractivity contribution in [1.29, 1.82) is 0 Å². The summed E-state index contributed by atoms with van der Waals surface area (Å²) in [4.78, 5) is 29.8. The highest BCUT2D eigenvalue weighted by Crippen LogP contribution is 2.33. The highest BCUT2D eigenvalue weighted by Gasteiger charge is 2.35. The number of anilines is 1. The lowest BCUT2D eigenvalue weighted by Crippen LogP contribution is -2.53. The Morgan fingerprint density at radius 2 is 1.50 bits per heavy atom. The Morgan fingerprint density at radius 3 is 2.10 bits per heavy atom. The summed E-state index contributed by atoms with van der Waals surface area (Å²) in [6.07, 6.45) is 0.219. The molecule has 4 rings (SSSR count). The molecule has 254 valence electrons. The molecule has 4 aromatic rings. The third kappa shape index (κ3) is 9.52. The Hall–Kier alpha value is -4.06. The number of nitrogens with one attached hydrogen (secondary N) is 1. The maximum atomic E-state index is 14.6. The summed E-state index contributed by atoms with van der Waals surface area (Å²) in [5.41, 5.74) is 1.83. The Morgan fingerprint density at radius 1 is 0.854 bits per heavy atom. The standard InChI is InChI=1S/C36H39BrClN3O6S/c1-25(2)22-39-36(43)32(20-26-8-6-5-7-9-26)40(23-27-10-12-28(37)13-11-27)35(42)24-41(30-16-14-29(38)15-17-30)48(44,45)31-18-19-33(46-3)34(21-31)47-4/h5-19,21,25,32H,20,22-24H2,1-4H3,(H,39,43). The molecule has 1 N–H and O–H groups in total. The first kappa shape index (κ1) is 36.8. The number of halogens is 2. The van der Waals surface area contributed by atoms with Crippen LogP contribution in [0.5, 0.6) is 11.5 Å². The summed E-state index contributed by atoms with van der Waals surface area (Å²) in [5, 5.41) is 3.39. The average molecular weight is 757 g/mol. The monoisotopic (exact) mass is 755 g/mol. The first-order valence-electron chi connectivity index (χ1n) is 15.3. The van der Waals surface area contributed by atoms with Crippen LogP contribution in [0.25, 0.3) is 0 Å². The van der Waals surface area contributed by atoms with E-state index in [1.54, 1.807) is 12.1 Å². The first-order chi connectivity index (χ1) is 22.9. The minimum absolute atomic E-state index is 0.0591. The van der Waals surface area contributed by atoms with Gasteiger partial charge in [0.1, 0.15) is 12.6 Å². The van der Waals surface area contributed by atoms with Crippen molar-refractivity contribution in [2.75, 3.05) is 31.6 Å². The fraction of sp³-hybridized carbons (Fsp3) is 0.278. The number of nitrogens with zero attached hydrogens (tertiary/aromatic N) is 2. The Kier molecular flexibility index (Phi) is 12.9. The van der Waals surface area contributed by atoms with Crippen LogP contribution in [-0.4, -0.2) is 58.5 Å². The lowest BCUT2D eigenvalue weighted by molar-refractivity contribution is -0.140. The third-order valence-electron chi connectivity index (χ3n) is 7.56. The van der Waals surface area contributed by atoms with E-state index in [9.17, 15) is 18.0 Å². The van der Waals surface area contributed by atoms with Gasteiger partial charge in [0, 0.05) is 35.1 Å². The molecular weight excluding hydrogens is 718 g/mol. The quantitative estimate of drug-likeness (QED) is 0.144. The number of carbonyl (C=O) groups excluding carboxylic acids is 2. The topological polar surface area (TPSA) is 105 Å². The molecule has 9 nitrogen and oxygen atoms in total. The number of ether oxygens (including phenoxy) is 2. The highest BCUT2D eigenvalue weighted by atomic mass is 79.9. The normalized spacial score (nSPS) is 11.9. The number of benzene rings is 4. The molecule has 12 heteroatoms. The minimum Gasteiger partial charge on any atom is -0.493 e. The van der Waals surface area contributed by atoms with Crippen LogP contribution in [0.15, 0.2) is 106 Å². The zero-order chi connectivity index (χ0) is 34.8. The van der Waals surface area contributed by atoms with Crippen LogP contribution in [0.2, 0.25) is 5.02 Å². The second kappa shape index (κ2) is 16.9. The smallest absolute Gasteiger partial charge is 0.264 e. The van der Waals surface area contributed by atoms with Gasteiger partial charge in [-0.1, -0.05) is 83.8 Å². The number of amides is 2. The van der Waals surface area contributed by atoms with Gasteiger partial charge in [0.05, 0.1) is 24.8 Å². The van der Waals surface area contributed by atoms with Gasteiger partial charge in [-0.3, -0.25) is 13.9 Å². The van der Waals surface area contributed by atoms with E-state index in [1.165, 1.54) is 49.5 Å². The number of hydrogen-bond acceptors (Lipinski definition) is 6. The lowest BCUT2D eigenvalue weighted by Gasteiger charge is -2.34. The molecule has 0 heterocycles. The summed E-state index contributed by atoms with van der Waals surface area (Å²) in [6, 6.07) is 26.3. The maximum Gasteiger partial charge on any atom is 0.264 e. The van der Waals surface area contributed by atoms with Crippen LogP contribution >= 0.6 is 27.5 Å². The SMILES string of the molecule is COc1ccc(S(=O)(=O)N(CC(=O)N(Cc2ccc(Br)cc2)C(Cc2ccccc2)C(=O)NCC(C)C)c2ccc(Cl)cc2)cc1OC. The Bertz CT molecular complexity index is 1790. The second-order valence-electron chi connectivity index (χ2n) is 11.5. The van der Waals surface area contributed by atoms with E-state index in [0.717, 1.165) is 19.9 Å². The summed E-state index contributed by atoms with van der Waals surface area (Å²) in [5.74, 6) is -0.171. The minimum atomic E-state index is -4.36. The lowest BCUT2D eigenvalue weighted by atomic mass is 10.0. The van der Waals surface area contributed by atoms with Crippen molar-refractivity contribution >= 4 is 55.1 Å². The Labute approximate surface area is 296 Å². The maximum absolute atomic E-state index is 14.6. The van der Waals surface area contributed by atoms with Gasteiger partial charge in [0.15, 0.2) is 11.5 Å². The van der Waals surface area contributed by atoms with Crippen LogP contribution in [-0.2, 0) is 32.6 Å². The van der Waals surface area contributed by atoms with Gasteiger partial charge in [-0.15, -0.1) is 0 Å². The molecule has 0 spiro atoms. The predicted octanol–water partition coefficient (Wildman–Crippen LogP) is 6.73. The summed E-state index contributed by atoms with van der Waals surface area (Å²) < 4.78 is 41.3. The van der Waals surface area contributed by atoms with Gasteiger partial charge in [0.25, 0.3) is 10.0 Å². The molecule has 2 amide bonds. The van der Waals surface area contributed by atoms with Crippen molar-refractivity contribution in [1.82, 2.24) is 10.2 Å². The number of methoxy groups -OCH3 is 2. The van der Waals surface area contributed by atoms with Gasteiger partial charge in [-0.25, -0.2) is 8.42 Å². The van der Waals surface area contributed by atoms with Crippen molar-refractivity contribution in [3.8, 4) is 11.5 Å². The molecule has 4 aromatic carbocycles. The van der Waals surface area contributed by atoms with Gasteiger partial charge in [-0.2, -0.15) is 0 Å². The first-order valence-corrected chi connectivity index (χ1v) is 17.9. The molecule has 0 radical (unpaired) electrons. The zero-order valence-electron chi connectivity index (χ0n) is 27.2. The van der Waals surface area contributed by atoms with Crippen molar-refractivity contribution in [2.45, 2.75) is 37.8 Å². The predicted molar refractivity (Wildman–Crippen MR) is 192 cm³/mol. The molecule has 0 aliphatic heterocycles. The molecule has 48 heavy (non-hydrogen) atoms. The van der Waals surface area contributed by atoms with Crippen molar-refractivity contribution < 1.29 is 27.5 Å². The molecule has 0 aliphatic carbocycles. The van der Waals surface area contributed by atoms with Gasteiger partial charge >= 0.3 is 0 Å². The fourth-order valence-electron chi connectivity index (χ4n) is 5.00. The third-order valence-corrected chi connectivity index (χ3v) is 10.1. The van der Waals surface area contributed by atoms with E-state index in [1.807, 2.05) is 68.4 Å². The van der Waals surface area contributed by atoms with Crippen molar-refractivity contribution in [3.63, 3.8) is 0 Å². The van der Waals surface area contributed by atoms with Crippen LogP contribution in [0, 0.1) is 5.92 Å². The largest absolute Gasteiger partial charge is 0.493 e. The molecule has 1 unspecified atom stereocenters. The molecule has 0 bridgehead atoms. The van der Waals surface area contributed by atoms with Crippen LogP contribution < -0.4 is 19.1 Å². The van der Waals surface area contributed by atoms with Crippen LogP contribution in [0.1, 0.15) is 25.0 Å². The van der Waals surface area contributed by atoms with Gasteiger partial charge in [0.2, 0.25) is 11.8 Å². The van der Waals surface area contributed by atoms with E-state index < -0.39 is 28.5 Å². The Balaban J connectivity index is 1.81. The molecule has 1 atom stereocenters. The molecule has 0 aliphatic rings. The van der Waals surface area contributed by atoms with Crippen LogP contribution in [0.4, 0.5) is 5.69 Å². The number of sulfonamides is 1. The summed E-state index contributed by atoms with van der Waals surface area (Å²) >= 11 is 9.62. The summed E-state index contributed by atoms with van der Waals surface area (Å²) in [6.45, 7) is 3.84. The van der Waals surface area contributed by atoms with Crippen molar-refractivity contribution in [3.05, 3.63) is 118 Å². The van der Waals surface area contributed by atoms with E-state index >= 15 is 0 Å². The number of carbonyl (C=O) groups is 2. The molecule has 0 saturated heterocycles. The summed E-state index contributed by atoms with van der Waals surface area (Å²) in [7, 11) is -1.50. The van der Waals surface area contributed by atoms with E-state index in [0.29, 0.717) is 17.3 Å². The number of rotatable bonds is 15. The van der Waals surface area contributed by atoms with E-state index in [4.69, 9.17) is 21.1 Å². The fourth-order valence-corrected chi connectivity index (χ4v) is 6.82. The second-order valence-corrected chi connectivity index (χ2v) is 14.7.